The Balaban J connectivity index is 2.52. The van der Waals surface area contributed by atoms with E-state index in [2.05, 4.69) is 9.97 Å². The molecule has 0 bridgehead atoms. The minimum atomic E-state index is -0.359. The van der Waals surface area contributed by atoms with Crippen molar-refractivity contribution < 1.29 is 9.47 Å². The van der Waals surface area contributed by atoms with E-state index in [0.29, 0.717) is 25.5 Å². The number of methoxy groups -OCH3 is 1. The molecule has 76 valence electrons. The lowest BCUT2D eigenvalue weighted by Crippen LogP contribution is -2.17. The Hall–Kier alpha value is -1.36. The van der Waals surface area contributed by atoms with Crippen molar-refractivity contribution in [1.82, 2.24) is 9.97 Å². The number of nitrogens with zero attached hydrogens (tertiary/aromatic N) is 1. The summed E-state index contributed by atoms with van der Waals surface area (Å²) in [6, 6.07) is 0. The zero-order valence-electron chi connectivity index (χ0n) is 8.00. The van der Waals surface area contributed by atoms with E-state index in [0.717, 1.165) is 17.7 Å². The second-order valence-electron chi connectivity index (χ2n) is 3.12. The Bertz CT molecular complexity index is 386. The second-order valence-corrected chi connectivity index (χ2v) is 3.12. The first-order valence-corrected chi connectivity index (χ1v) is 4.55. The maximum atomic E-state index is 11.1. The standard InChI is InChI=1S/C9H12N2O3/c1-13-8-6-2-4-14-5-3-7(6)10-9(12)11-8/h2-5H2,1H3,(H,10,11,12). The van der Waals surface area contributed by atoms with Gasteiger partial charge in [-0.2, -0.15) is 4.98 Å². The summed E-state index contributed by atoms with van der Waals surface area (Å²) in [7, 11) is 1.52. The van der Waals surface area contributed by atoms with Gasteiger partial charge in [-0.25, -0.2) is 4.79 Å². The smallest absolute Gasteiger partial charge is 0.348 e. The van der Waals surface area contributed by atoms with E-state index in [1.807, 2.05) is 0 Å². The fourth-order valence-electron chi connectivity index (χ4n) is 1.61. The Labute approximate surface area is 81.1 Å². The maximum Gasteiger partial charge on any atom is 0.348 e. The molecule has 0 spiro atoms. The van der Waals surface area contributed by atoms with Crippen LogP contribution in [0.2, 0.25) is 0 Å². The van der Waals surface area contributed by atoms with Gasteiger partial charge in [0.25, 0.3) is 0 Å². The third kappa shape index (κ3) is 1.63. The number of rotatable bonds is 1. The van der Waals surface area contributed by atoms with Crippen molar-refractivity contribution in [2.45, 2.75) is 12.8 Å². The van der Waals surface area contributed by atoms with Gasteiger partial charge in [0, 0.05) is 24.1 Å². The number of H-pyrrole nitrogens is 1. The number of aromatic nitrogens is 2. The number of fused-ring (bicyclic) bond motifs is 1. The van der Waals surface area contributed by atoms with Crippen LogP contribution in [0.4, 0.5) is 0 Å². The zero-order chi connectivity index (χ0) is 9.97. The summed E-state index contributed by atoms with van der Waals surface area (Å²) in [6.45, 7) is 1.28. The predicted octanol–water partition coefficient (Wildman–Crippen LogP) is -0.106. The van der Waals surface area contributed by atoms with Gasteiger partial charge < -0.3 is 14.5 Å². The van der Waals surface area contributed by atoms with Gasteiger partial charge >= 0.3 is 5.69 Å². The molecule has 14 heavy (non-hydrogen) atoms. The first-order valence-electron chi connectivity index (χ1n) is 4.55. The average molecular weight is 196 g/mol. The first-order chi connectivity index (χ1) is 6.81. The highest BCUT2D eigenvalue weighted by atomic mass is 16.5. The molecule has 0 aliphatic carbocycles. The highest BCUT2D eigenvalue weighted by Gasteiger charge is 2.15. The molecule has 1 aromatic heterocycles. The third-order valence-corrected chi connectivity index (χ3v) is 2.27. The predicted molar refractivity (Wildman–Crippen MR) is 49.6 cm³/mol. The molecule has 2 rings (SSSR count). The molecule has 2 heterocycles. The minimum absolute atomic E-state index is 0.359. The second kappa shape index (κ2) is 3.79. The molecule has 5 nitrogen and oxygen atoms in total. The van der Waals surface area contributed by atoms with Crippen LogP contribution < -0.4 is 10.4 Å². The zero-order valence-corrected chi connectivity index (χ0v) is 8.00. The topological polar surface area (TPSA) is 64.2 Å². The van der Waals surface area contributed by atoms with Crippen LogP contribution in [0.5, 0.6) is 5.88 Å². The molecule has 5 heteroatoms. The summed E-state index contributed by atoms with van der Waals surface area (Å²) in [5, 5.41) is 0. The molecule has 0 fully saturated rings. The van der Waals surface area contributed by atoms with Gasteiger partial charge in [0.15, 0.2) is 0 Å². The normalized spacial score (nSPS) is 15.8. The highest BCUT2D eigenvalue weighted by Crippen LogP contribution is 2.19. The lowest BCUT2D eigenvalue weighted by molar-refractivity contribution is 0.146. The molecule has 0 saturated carbocycles. The molecule has 0 amide bonds. The molecule has 1 N–H and O–H groups in total. The molecule has 0 radical (unpaired) electrons. The molecule has 0 aromatic carbocycles. The van der Waals surface area contributed by atoms with Crippen LogP contribution in [0.1, 0.15) is 11.3 Å². The van der Waals surface area contributed by atoms with Crippen molar-refractivity contribution in [3.05, 3.63) is 21.7 Å². The van der Waals surface area contributed by atoms with Gasteiger partial charge in [0.05, 0.1) is 20.3 Å². The fraction of sp³-hybridized carbons (Fsp3) is 0.556. The highest BCUT2D eigenvalue weighted by molar-refractivity contribution is 5.30. The summed E-state index contributed by atoms with van der Waals surface area (Å²) in [5.41, 5.74) is 1.49. The number of hydrogen-bond acceptors (Lipinski definition) is 4. The minimum Gasteiger partial charge on any atom is -0.481 e. The van der Waals surface area contributed by atoms with Crippen LogP contribution in [0, 0.1) is 0 Å². The van der Waals surface area contributed by atoms with Gasteiger partial charge in [-0.1, -0.05) is 0 Å². The van der Waals surface area contributed by atoms with E-state index in [-0.39, 0.29) is 5.69 Å². The molecule has 0 saturated heterocycles. The van der Waals surface area contributed by atoms with Crippen LogP contribution in [0.25, 0.3) is 0 Å². The van der Waals surface area contributed by atoms with Crippen molar-refractivity contribution in [2.24, 2.45) is 0 Å². The lowest BCUT2D eigenvalue weighted by Gasteiger charge is -2.07. The number of aromatic amines is 1. The molecule has 1 aromatic rings. The van der Waals surface area contributed by atoms with Crippen molar-refractivity contribution in [1.29, 1.82) is 0 Å². The molecular weight excluding hydrogens is 184 g/mol. The Morgan fingerprint density at radius 2 is 2.21 bits per heavy atom. The number of ether oxygens (including phenoxy) is 2. The van der Waals surface area contributed by atoms with E-state index in [4.69, 9.17) is 9.47 Å². The van der Waals surface area contributed by atoms with Gasteiger partial charge in [0.1, 0.15) is 0 Å². The Kier molecular flexibility index (Phi) is 2.49. The third-order valence-electron chi connectivity index (χ3n) is 2.27. The summed E-state index contributed by atoms with van der Waals surface area (Å²) in [4.78, 5) is 17.6. The quantitative estimate of drug-likeness (QED) is 0.681. The molecular formula is C9H12N2O3. The molecule has 1 aliphatic heterocycles. The van der Waals surface area contributed by atoms with Crippen molar-refractivity contribution in [3.63, 3.8) is 0 Å². The summed E-state index contributed by atoms with van der Waals surface area (Å²) in [6.07, 6.45) is 1.45. The monoisotopic (exact) mass is 196 g/mol. The summed E-state index contributed by atoms with van der Waals surface area (Å²) < 4.78 is 10.4. The van der Waals surface area contributed by atoms with Gasteiger partial charge in [-0.15, -0.1) is 0 Å². The number of nitrogens with one attached hydrogen (secondary N) is 1. The van der Waals surface area contributed by atoms with Crippen LogP contribution in [-0.2, 0) is 17.6 Å². The van der Waals surface area contributed by atoms with E-state index >= 15 is 0 Å². The van der Waals surface area contributed by atoms with Gasteiger partial charge in [-0.05, 0) is 0 Å². The lowest BCUT2D eigenvalue weighted by atomic mass is 10.1. The average Bonchev–Trinajstić information content (AvgIpc) is 2.41. The number of hydrogen-bond donors (Lipinski definition) is 1. The largest absolute Gasteiger partial charge is 0.481 e. The SMILES string of the molecule is COc1nc(=O)[nH]c2c1CCOCC2. The Morgan fingerprint density at radius 1 is 1.43 bits per heavy atom. The molecule has 1 aliphatic rings. The van der Waals surface area contributed by atoms with Crippen molar-refractivity contribution in [2.75, 3.05) is 20.3 Å². The maximum absolute atomic E-state index is 11.1. The van der Waals surface area contributed by atoms with E-state index in [1.165, 1.54) is 7.11 Å². The first kappa shape index (κ1) is 9.21. The van der Waals surface area contributed by atoms with Crippen molar-refractivity contribution in [3.8, 4) is 5.88 Å². The van der Waals surface area contributed by atoms with E-state index in [1.54, 1.807) is 0 Å². The summed E-state index contributed by atoms with van der Waals surface area (Å²) >= 11 is 0. The van der Waals surface area contributed by atoms with Gasteiger partial charge in [0.2, 0.25) is 5.88 Å². The van der Waals surface area contributed by atoms with Gasteiger partial charge in [-0.3, -0.25) is 0 Å². The molecule has 0 atom stereocenters. The van der Waals surface area contributed by atoms with Crippen LogP contribution in [-0.4, -0.2) is 30.3 Å². The van der Waals surface area contributed by atoms with Crippen LogP contribution >= 0.6 is 0 Å². The summed E-state index contributed by atoms with van der Waals surface area (Å²) in [5.74, 6) is 0.425. The van der Waals surface area contributed by atoms with Crippen LogP contribution in [0.3, 0.4) is 0 Å². The Morgan fingerprint density at radius 3 is 3.00 bits per heavy atom. The fourth-order valence-corrected chi connectivity index (χ4v) is 1.61. The van der Waals surface area contributed by atoms with E-state index in [9.17, 15) is 4.79 Å². The van der Waals surface area contributed by atoms with E-state index < -0.39 is 0 Å². The molecule has 0 unspecified atom stereocenters. The van der Waals surface area contributed by atoms with Crippen molar-refractivity contribution >= 4 is 0 Å². The van der Waals surface area contributed by atoms with Crippen LogP contribution in [0.15, 0.2) is 4.79 Å².